The number of rotatable bonds is 14. The number of hydrogen-bond donors (Lipinski definition) is 0. The summed E-state index contributed by atoms with van der Waals surface area (Å²) in [5.74, 6) is 1.57. The van der Waals surface area contributed by atoms with Gasteiger partial charge in [-0.15, -0.1) is 0 Å². The number of nitrogens with zero attached hydrogens (tertiary/aromatic N) is 2. The van der Waals surface area contributed by atoms with Crippen molar-refractivity contribution < 1.29 is 4.57 Å². The molecule has 0 saturated heterocycles. The van der Waals surface area contributed by atoms with Gasteiger partial charge in [0.2, 0.25) is 0 Å². The molecule has 0 saturated carbocycles. The van der Waals surface area contributed by atoms with E-state index in [1.807, 2.05) is 0 Å². The summed E-state index contributed by atoms with van der Waals surface area (Å²) in [6.07, 6.45) is 20.8. The van der Waals surface area contributed by atoms with Gasteiger partial charge in [-0.25, -0.2) is 9.13 Å². The highest BCUT2D eigenvalue weighted by Gasteiger charge is 2.15. The fraction of sp³-hybridized carbons (Fsp3) is 0.850. The van der Waals surface area contributed by atoms with E-state index < -0.39 is 0 Å². The summed E-state index contributed by atoms with van der Waals surface area (Å²) in [6, 6.07) is 0. The summed E-state index contributed by atoms with van der Waals surface area (Å²) in [7, 11) is 0. The van der Waals surface area contributed by atoms with Gasteiger partial charge in [-0.1, -0.05) is 65.7 Å². The van der Waals surface area contributed by atoms with Crippen LogP contribution < -0.4 is 4.57 Å². The Balaban J connectivity index is 2.51. The lowest BCUT2D eigenvalue weighted by Crippen LogP contribution is -2.37. The fourth-order valence-corrected chi connectivity index (χ4v) is 3.12. The van der Waals surface area contributed by atoms with Gasteiger partial charge < -0.3 is 0 Å². The third kappa shape index (κ3) is 7.47. The number of aryl methyl sites for hydroxylation is 2. The summed E-state index contributed by atoms with van der Waals surface area (Å²) in [4.78, 5) is 0. The molecule has 2 nitrogen and oxygen atoms in total. The minimum atomic E-state index is 1.20. The first-order valence-corrected chi connectivity index (χ1v) is 9.90. The molecule has 0 aliphatic heterocycles. The second-order valence-corrected chi connectivity index (χ2v) is 6.68. The molecule has 0 bridgehead atoms. The summed E-state index contributed by atoms with van der Waals surface area (Å²) in [5, 5.41) is 0. The van der Waals surface area contributed by atoms with Crippen LogP contribution in [-0.4, -0.2) is 4.57 Å². The van der Waals surface area contributed by atoms with Crippen molar-refractivity contribution >= 4 is 0 Å². The molecule has 1 rings (SSSR count). The Hall–Kier alpha value is -0.790. The molecule has 0 fully saturated rings. The lowest BCUT2D eigenvalue weighted by atomic mass is 10.1. The van der Waals surface area contributed by atoms with Crippen LogP contribution in [0.2, 0.25) is 0 Å². The van der Waals surface area contributed by atoms with E-state index in [-0.39, 0.29) is 0 Å². The highest BCUT2D eigenvalue weighted by molar-refractivity contribution is 4.84. The number of unbranched alkanes of at least 4 members (excludes halogenated alkanes) is 8. The average Bonchev–Trinajstić information content (AvgIpc) is 2.91. The van der Waals surface area contributed by atoms with Crippen molar-refractivity contribution in [3.8, 4) is 0 Å². The smallest absolute Gasteiger partial charge is 0.234 e. The monoisotopic (exact) mass is 307 g/mol. The molecule has 0 radical (unpaired) electrons. The predicted molar refractivity (Wildman–Crippen MR) is 96.1 cm³/mol. The van der Waals surface area contributed by atoms with Gasteiger partial charge >= 0.3 is 0 Å². The Morgan fingerprint density at radius 2 is 1.41 bits per heavy atom. The zero-order valence-corrected chi connectivity index (χ0v) is 15.4. The standard InChI is InChI=1S/C20H39N2/c1-4-7-10-12-13-15-20-21(16-9-6-3)18-19-22(20)17-14-11-8-5-2/h18-19H,4-17H2,1-3H3/q+1. The maximum absolute atomic E-state index is 2.53. The largest absolute Gasteiger partial charge is 0.256 e. The Morgan fingerprint density at radius 3 is 2.09 bits per heavy atom. The molecule has 128 valence electrons. The summed E-state index contributed by atoms with van der Waals surface area (Å²) in [5.41, 5.74) is 0. The van der Waals surface area contributed by atoms with Gasteiger partial charge in [0.15, 0.2) is 0 Å². The Morgan fingerprint density at radius 1 is 0.773 bits per heavy atom. The predicted octanol–water partition coefficient (Wildman–Crippen LogP) is 5.67. The van der Waals surface area contributed by atoms with E-state index in [0.29, 0.717) is 0 Å². The van der Waals surface area contributed by atoms with E-state index in [4.69, 9.17) is 0 Å². The minimum Gasteiger partial charge on any atom is -0.234 e. The highest BCUT2D eigenvalue weighted by atomic mass is 15.1. The van der Waals surface area contributed by atoms with Crippen LogP contribution in [0.25, 0.3) is 0 Å². The minimum absolute atomic E-state index is 1.20. The molecule has 1 heterocycles. The van der Waals surface area contributed by atoms with E-state index >= 15 is 0 Å². The highest BCUT2D eigenvalue weighted by Crippen LogP contribution is 2.09. The molecule has 0 spiro atoms. The molecule has 0 aromatic carbocycles. The SMILES string of the molecule is CCCCCCCc1n(CCCC)cc[n+]1CCCCCC. The van der Waals surface area contributed by atoms with Gasteiger partial charge in [0.05, 0.1) is 13.1 Å². The number of imidazole rings is 1. The summed E-state index contributed by atoms with van der Waals surface area (Å²) < 4.78 is 5.05. The third-order valence-corrected chi connectivity index (χ3v) is 4.60. The Labute approximate surface area is 138 Å². The topological polar surface area (TPSA) is 8.81 Å². The van der Waals surface area contributed by atoms with Crippen LogP contribution in [0, 0.1) is 0 Å². The van der Waals surface area contributed by atoms with E-state index in [1.54, 1.807) is 5.82 Å². The Kier molecular flexibility index (Phi) is 11.1. The molecule has 0 atom stereocenters. The summed E-state index contributed by atoms with van der Waals surface area (Å²) in [6.45, 7) is 9.27. The van der Waals surface area contributed by atoms with Gasteiger partial charge in [-0.2, -0.15) is 0 Å². The van der Waals surface area contributed by atoms with Crippen LogP contribution in [0.3, 0.4) is 0 Å². The molecule has 0 unspecified atom stereocenters. The molecular formula is C20H39N2+. The molecular weight excluding hydrogens is 268 g/mol. The lowest BCUT2D eigenvalue weighted by Gasteiger charge is -2.06. The zero-order valence-electron chi connectivity index (χ0n) is 15.4. The van der Waals surface area contributed by atoms with Gasteiger partial charge in [0.25, 0.3) is 5.82 Å². The van der Waals surface area contributed by atoms with Gasteiger partial charge in [0.1, 0.15) is 12.4 Å². The normalized spacial score (nSPS) is 11.2. The van der Waals surface area contributed by atoms with Crippen LogP contribution >= 0.6 is 0 Å². The number of aromatic nitrogens is 2. The summed E-state index contributed by atoms with van der Waals surface area (Å²) >= 11 is 0. The van der Waals surface area contributed by atoms with Gasteiger partial charge in [-0.3, -0.25) is 0 Å². The second-order valence-electron chi connectivity index (χ2n) is 6.68. The van der Waals surface area contributed by atoms with Crippen molar-refractivity contribution in [2.75, 3.05) is 0 Å². The molecule has 0 aliphatic carbocycles. The first-order valence-electron chi connectivity index (χ1n) is 9.90. The van der Waals surface area contributed by atoms with Crippen LogP contribution in [-0.2, 0) is 19.5 Å². The molecule has 0 amide bonds. The second kappa shape index (κ2) is 12.7. The first-order chi connectivity index (χ1) is 10.8. The third-order valence-electron chi connectivity index (χ3n) is 4.60. The molecule has 0 aliphatic rings. The lowest BCUT2D eigenvalue weighted by molar-refractivity contribution is -0.704. The molecule has 1 aromatic rings. The van der Waals surface area contributed by atoms with E-state index in [2.05, 4.69) is 42.3 Å². The van der Waals surface area contributed by atoms with Crippen LogP contribution in [0.1, 0.15) is 97.2 Å². The average molecular weight is 308 g/mol. The first kappa shape index (κ1) is 19.3. The fourth-order valence-electron chi connectivity index (χ4n) is 3.12. The maximum atomic E-state index is 2.53. The van der Waals surface area contributed by atoms with Crippen molar-refractivity contribution in [3.05, 3.63) is 18.2 Å². The number of hydrogen-bond acceptors (Lipinski definition) is 0. The maximum Gasteiger partial charge on any atom is 0.256 e. The van der Waals surface area contributed by atoms with E-state index in [9.17, 15) is 0 Å². The quantitative estimate of drug-likeness (QED) is 0.309. The van der Waals surface area contributed by atoms with Crippen molar-refractivity contribution in [1.29, 1.82) is 0 Å². The van der Waals surface area contributed by atoms with Gasteiger partial charge in [-0.05, 0) is 25.7 Å². The van der Waals surface area contributed by atoms with Crippen molar-refractivity contribution in [1.82, 2.24) is 4.57 Å². The van der Waals surface area contributed by atoms with Crippen molar-refractivity contribution in [2.45, 2.75) is 111 Å². The van der Waals surface area contributed by atoms with E-state index in [0.717, 1.165) is 0 Å². The van der Waals surface area contributed by atoms with E-state index in [1.165, 1.54) is 90.1 Å². The van der Waals surface area contributed by atoms with Crippen LogP contribution in [0.15, 0.2) is 12.4 Å². The molecule has 2 heteroatoms. The van der Waals surface area contributed by atoms with Gasteiger partial charge in [0, 0.05) is 6.42 Å². The Bertz CT molecular complexity index is 368. The van der Waals surface area contributed by atoms with Crippen molar-refractivity contribution in [3.63, 3.8) is 0 Å². The zero-order chi connectivity index (χ0) is 16.0. The molecule has 0 N–H and O–H groups in total. The van der Waals surface area contributed by atoms with Crippen LogP contribution in [0.5, 0.6) is 0 Å². The van der Waals surface area contributed by atoms with Crippen molar-refractivity contribution in [2.24, 2.45) is 0 Å². The van der Waals surface area contributed by atoms with Crippen LogP contribution in [0.4, 0.5) is 0 Å². The molecule has 22 heavy (non-hydrogen) atoms. The molecule has 1 aromatic heterocycles.